The first-order valence-electron chi connectivity index (χ1n) is 8.70. The van der Waals surface area contributed by atoms with Gasteiger partial charge in [-0.1, -0.05) is 49.6 Å². The van der Waals surface area contributed by atoms with Gasteiger partial charge in [0.05, 0.1) is 17.7 Å². The molecule has 1 fully saturated rings. The molecule has 128 valence electrons. The Bertz CT molecular complexity index is 650. The molecular formula is C19H25N3OS. The van der Waals surface area contributed by atoms with Gasteiger partial charge in [-0.25, -0.2) is 9.78 Å². The topological polar surface area (TPSA) is 45.2 Å². The number of amides is 2. The fraction of sp³-hybridized carbons (Fsp3) is 0.474. The summed E-state index contributed by atoms with van der Waals surface area (Å²) in [5.74, 6) is 0. The lowest BCUT2D eigenvalue weighted by Gasteiger charge is -2.28. The highest BCUT2D eigenvalue weighted by molar-refractivity contribution is 7.09. The van der Waals surface area contributed by atoms with Crippen LogP contribution in [0.25, 0.3) is 0 Å². The predicted molar refractivity (Wildman–Crippen MR) is 97.9 cm³/mol. The molecule has 3 rings (SSSR count). The molecule has 0 aliphatic heterocycles. The van der Waals surface area contributed by atoms with E-state index in [4.69, 9.17) is 0 Å². The van der Waals surface area contributed by atoms with Crippen molar-refractivity contribution in [3.8, 4) is 0 Å². The molecule has 24 heavy (non-hydrogen) atoms. The average molecular weight is 343 g/mol. The number of thiazole rings is 1. The number of aromatic nitrogens is 1. The van der Waals surface area contributed by atoms with Crippen LogP contribution in [0, 0.1) is 6.92 Å². The van der Waals surface area contributed by atoms with Gasteiger partial charge in [-0.05, 0) is 25.3 Å². The van der Waals surface area contributed by atoms with Crippen molar-refractivity contribution in [2.24, 2.45) is 0 Å². The molecule has 5 heteroatoms. The molecule has 0 unspecified atom stereocenters. The molecular weight excluding hydrogens is 318 g/mol. The number of hydrogen-bond acceptors (Lipinski definition) is 3. The highest BCUT2D eigenvalue weighted by atomic mass is 32.1. The lowest BCUT2D eigenvalue weighted by molar-refractivity contribution is 0.185. The molecule has 2 amide bonds. The summed E-state index contributed by atoms with van der Waals surface area (Å²) in [4.78, 5) is 20.2. The Kier molecular flexibility index (Phi) is 5.86. The summed E-state index contributed by atoms with van der Waals surface area (Å²) >= 11 is 1.62. The monoisotopic (exact) mass is 343 g/mol. The van der Waals surface area contributed by atoms with Crippen molar-refractivity contribution >= 4 is 17.4 Å². The number of rotatable bonds is 5. The molecule has 0 atom stereocenters. The number of nitrogens with zero attached hydrogens (tertiary/aromatic N) is 2. The minimum atomic E-state index is 0.0403. The van der Waals surface area contributed by atoms with E-state index in [0.717, 1.165) is 29.0 Å². The first-order chi connectivity index (χ1) is 11.7. The third kappa shape index (κ3) is 4.57. The largest absolute Gasteiger partial charge is 0.335 e. The van der Waals surface area contributed by atoms with E-state index >= 15 is 0 Å². The summed E-state index contributed by atoms with van der Waals surface area (Å²) in [7, 11) is 0. The average Bonchev–Trinajstić information content (AvgIpc) is 3.01. The Balaban J connectivity index is 1.70. The first kappa shape index (κ1) is 17.0. The fourth-order valence-corrected chi connectivity index (χ4v) is 3.96. The van der Waals surface area contributed by atoms with Crippen molar-refractivity contribution in [1.82, 2.24) is 15.2 Å². The molecule has 4 nitrogen and oxygen atoms in total. The highest BCUT2D eigenvalue weighted by Crippen LogP contribution is 2.20. The minimum Gasteiger partial charge on any atom is -0.335 e. The van der Waals surface area contributed by atoms with E-state index in [0.29, 0.717) is 19.1 Å². The summed E-state index contributed by atoms with van der Waals surface area (Å²) in [6.45, 7) is 3.24. The van der Waals surface area contributed by atoms with Crippen molar-refractivity contribution in [2.75, 3.05) is 0 Å². The maximum Gasteiger partial charge on any atom is 0.318 e. The normalized spacial score (nSPS) is 15.2. The number of nitrogens with one attached hydrogen (secondary N) is 1. The van der Waals surface area contributed by atoms with Crippen LogP contribution in [0.15, 0.2) is 35.8 Å². The van der Waals surface area contributed by atoms with Gasteiger partial charge in [0.25, 0.3) is 0 Å². The number of carbonyl (C=O) groups excluding carboxylic acids is 1. The summed E-state index contributed by atoms with van der Waals surface area (Å²) in [5.41, 5.74) is 4.02. The molecule has 1 aliphatic carbocycles. The zero-order chi connectivity index (χ0) is 16.8. The molecule has 1 saturated carbocycles. The Hall–Kier alpha value is -1.88. The van der Waals surface area contributed by atoms with Gasteiger partial charge in [0.2, 0.25) is 0 Å². The summed E-state index contributed by atoms with van der Waals surface area (Å²) in [5, 5.41) is 3.24. The first-order valence-corrected chi connectivity index (χ1v) is 9.58. The molecule has 1 aromatic carbocycles. The molecule has 1 N–H and O–H groups in total. The minimum absolute atomic E-state index is 0.0403. The lowest BCUT2D eigenvalue weighted by Crippen LogP contribution is -2.44. The van der Waals surface area contributed by atoms with E-state index in [2.05, 4.69) is 22.4 Å². The van der Waals surface area contributed by atoms with Gasteiger partial charge in [0.1, 0.15) is 0 Å². The van der Waals surface area contributed by atoms with Crippen LogP contribution >= 0.6 is 11.3 Å². The molecule has 1 aromatic heterocycles. The van der Waals surface area contributed by atoms with E-state index in [1.807, 2.05) is 35.5 Å². The van der Waals surface area contributed by atoms with E-state index in [1.54, 1.807) is 11.3 Å². The third-order valence-electron chi connectivity index (χ3n) is 4.62. The molecule has 0 radical (unpaired) electrons. The van der Waals surface area contributed by atoms with Gasteiger partial charge < -0.3 is 10.2 Å². The van der Waals surface area contributed by atoms with Gasteiger partial charge in [-0.3, -0.25) is 0 Å². The van der Waals surface area contributed by atoms with Gasteiger partial charge in [0.15, 0.2) is 0 Å². The van der Waals surface area contributed by atoms with Crippen LogP contribution in [0.1, 0.15) is 48.2 Å². The van der Waals surface area contributed by atoms with E-state index < -0.39 is 0 Å². The van der Waals surface area contributed by atoms with Crippen LogP contribution < -0.4 is 5.32 Å². The zero-order valence-corrected chi connectivity index (χ0v) is 15.0. The number of aryl methyl sites for hydroxylation is 1. The van der Waals surface area contributed by atoms with Crippen molar-refractivity contribution in [3.63, 3.8) is 0 Å². The van der Waals surface area contributed by atoms with Crippen molar-refractivity contribution in [3.05, 3.63) is 52.0 Å². The van der Waals surface area contributed by atoms with Crippen molar-refractivity contribution in [2.45, 2.75) is 58.2 Å². The SMILES string of the molecule is Cc1ncsc1CN(Cc1ccccc1)C(=O)NC1CCCCC1. The summed E-state index contributed by atoms with van der Waals surface area (Å²) < 4.78 is 0. The summed E-state index contributed by atoms with van der Waals surface area (Å²) in [6, 6.07) is 10.5. The maximum absolute atomic E-state index is 12.9. The van der Waals surface area contributed by atoms with Crippen LogP contribution in [-0.2, 0) is 13.1 Å². The Morgan fingerprint density at radius 1 is 1.21 bits per heavy atom. The van der Waals surface area contributed by atoms with Crippen molar-refractivity contribution < 1.29 is 4.79 Å². The highest BCUT2D eigenvalue weighted by Gasteiger charge is 2.21. The molecule has 1 heterocycles. The Morgan fingerprint density at radius 2 is 1.96 bits per heavy atom. The fourth-order valence-electron chi connectivity index (χ4n) is 3.17. The third-order valence-corrected chi connectivity index (χ3v) is 5.54. The van der Waals surface area contributed by atoms with E-state index in [-0.39, 0.29) is 6.03 Å². The predicted octanol–water partition coefficient (Wildman–Crippen LogP) is 4.50. The van der Waals surface area contributed by atoms with Crippen LogP contribution in [0.5, 0.6) is 0 Å². The second-order valence-electron chi connectivity index (χ2n) is 6.49. The number of benzene rings is 1. The van der Waals surface area contributed by atoms with Gasteiger partial charge >= 0.3 is 6.03 Å². The molecule has 0 bridgehead atoms. The molecule has 0 saturated heterocycles. The second-order valence-corrected chi connectivity index (χ2v) is 7.43. The molecule has 1 aliphatic rings. The number of hydrogen-bond donors (Lipinski definition) is 1. The van der Waals surface area contributed by atoms with Crippen LogP contribution in [0.4, 0.5) is 4.79 Å². The lowest BCUT2D eigenvalue weighted by atomic mass is 9.96. The van der Waals surface area contributed by atoms with Crippen LogP contribution in [0.3, 0.4) is 0 Å². The van der Waals surface area contributed by atoms with E-state index in [9.17, 15) is 4.79 Å². The maximum atomic E-state index is 12.9. The molecule has 2 aromatic rings. The Labute approximate surface area is 147 Å². The van der Waals surface area contributed by atoms with E-state index in [1.165, 1.54) is 19.3 Å². The standard InChI is InChI=1S/C19H25N3OS/c1-15-18(24-14-20-15)13-22(12-16-8-4-2-5-9-16)19(23)21-17-10-6-3-7-11-17/h2,4-5,8-9,14,17H,3,6-7,10-13H2,1H3,(H,21,23). The number of carbonyl (C=O) groups is 1. The quantitative estimate of drug-likeness (QED) is 0.869. The van der Waals surface area contributed by atoms with Gasteiger partial charge in [-0.2, -0.15) is 0 Å². The second kappa shape index (κ2) is 8.29. The van der Waals surface area contributed by atoms with Crippen LogP contribution in [0.2, 0.25) is 0 Å². The van der Waals surface area contributed by atoms with Gasteiger partial charge in [-0.15, -0.1) is 11.3 Å². The number of urea groups is 1. The summed E-state index contributed by atoms with van der Waals surface area (Å²) in [6.07, 6.45) is 5.93. The zero-order valence-electron chi connectivity index (χ0n) is 14.2. The smallest absolute Gasteiger partial charge is 0.318 e. The Morgan fingerprint density at radius 3 is 2.62 bits per heavy atom. The van der Waals surface area contributed by atoms with Crippen molar-refractivity contribution in [1.29, 1.82) is 0 Å². The van der Waals surface area contributed by atoms with Gasteiger partial charge in [0, 0.05) is 17.5 Å². The molecule has 0 spiro atoms. The van der Waals surface area contributed by atoms with Crippen LogP contribution in [-0.4, -0.2) is 22.0 Å².